The zero-order chi connectivity index (χ0) is 46.2. The summed E-state index contributed by atoms with van der Waals surface area (Å²) in [4.78, 5) is -0.915. The van der Waals surface area contributed by atoms with E-state index in [1.54, 1.807) is 72.8 Å². The fourth-order valence-electron chi connectivity index (χ4n) is 8.24. The molecule has 4 aliphatic heterocycles. The topological polar surface area (TPSA) is 157 Å². The van der Waals surface area contributed by atoms with E-state index in [1.807, 2.05) is 0 Å². The molecular weight excluding hydrogens is 890 g/mol. The fraction of sp³-hybridized carbons (Fsp3) is 0.0588. The van der Waals surface area contributed by atoms with Gasteiger partial charge in [0.05, 0.1) is 19.6 Å². The molecule has 4 heterocycles. The van der Waals surface area contributed by atoms with Gasteiger partial charge < -0.3 is 30.4 Å². The van der Waals surface area contributed by atoms with Crippen LogP contribution in [0.25, 0.3) is 22.3 Å². The summed E-state index contributed by atoms with van der Waals surface area (Å²) >= 11 is 0. The Morgan fingerprint density at radius 2 is 0.848 bits per heavy atom. The van der Waals surface area contributed by atoms with Gasteiger partial charge in [0.1, 0.15) is 51.4 Å². The van der Waals surface area contributed by atoms with E-state index in [2.05, 4.69) is 0 Å². The van der Waals surface area contributed by atoms with Crippen molar-refractivity contribution in [2.75, 3.05) is 11.5 Å². The lowest BCUT2D eigenvalue weighted by molar-refractivity contribution is -0.173. The van der Waals surface area contributed by atoms with Gasteiger partial charge in [-0.1, -0.05) is 48.5 Å². The highest BCUT2D eigenvalue weighted by Crippen LogP contribution is 2.59. The first-order chi connectivity index (χ1) is 31.5. The number of alkyl halides is 3. The maximum atomic E-state index is 16.4. The zero-order valence-corrected chi connectivity index (χ0v) is 36.2. The van der Waals surface area contributed by atoms with Crippen molar-refractivity contribution in [3.8, 4) is 68.2 Å². The summed E-state index contributed by atoms with van der Waals surface area (Å²) in [7, 11) is -8.87. The van der Waals surface area contributed by atoms with Crippen molar-refractivity contribution in [1.29, 1.82) is 0 Å². The van der Waals surface area contributed by atoms with Crippen molar-refractivity contribution in [2.45, 2.75) is 38.1 Å². The van der Waals surface area contributed by atoms with E-state index >= 15 is 13.2 Å². The Hall–Kier alpha value is -7.75. The Morgan fingerprint density at radius 1 is 0.470 bits per heavy atom. The second kappa shape index (κ2) is 15.5. The molecule has 0 aromatic heterocycles. The molecule has 4 aliphatic rings. The van der Waals surface area contributed by atoms with Gasteiger partial charge in [0.15, 0.2) is 0 Å². The molecule has 8 aromatic rings. The molecule has 0 unspecified atom stereocenters. The molecule has 4 N–H and O–H groups in total. The molecule has 0 spiro atoms. The Kier molecular flexibility index (Phi) is 9.89. The summed E-state index contributed by atoms with van der Waals surface area (Å²) in [5, 5.41) is 0. The highest BCUT2D eigenvalue weighted by atomic mass is 32.2. The minimum atomic E-state index is -5.12. The van der Waals surface area contributed by atoms with Gasteiger partial charge in [0, 0.05) is 45.8 Å². The molecule has 15 heteroatoms. The van der Waals surface area contributed by atoms with Gasteiger partial charge in [0.25, 0.3) is 0 Å². The minimum Gasteiger partial charge on any atom is -0.457 e. The summed E-state index contributed by atoms with van der Waals surface area (Å²) in [6.07, 6.45) is -5.12. The lowest BCUT2D eigenvalue weighted by Gasteiger charge is -2.36. The van der Waals surface area contributed by atoms with E-state index in [1.165, 1.54) is 72.8 Å². The van der Waals surface area contributed by atoms with Crippen LogP contribution in [0.3, 0.4) is 0 Å². The summed E-state index contributed by atoms with van der Waals surface area (Å²) in [5.74, 6) is 1.14. The van der Waals surface area contributed by atoms with Gasteiger partial charge in [-0.05, 0) is 127 Å². The standard InChI is InChI=1S/C51H35F3N2O8S2/c1-50(51(52,53)54,42-24-26-44(46-30-8-12-36(13-9-30)63-48(42)46)65(57,58)40-20-16-34(17-21-40)61-38-6-2-4-32(55)28-38)43-25-27-45(47-31-10-14-37(15-11-31)64-49(43)47)66(59,60)41-22-18-35(19-23-41)62-39-7-3-5-33(56)29-39/h2-29H,55-56H2,1H3. The van der Waals surface area contributed by atoms with E-state index in [-0.39, 0.29) is 64.8 Å². The van der Waals surface area contributed by atoms with Gasteiger partial charge >= 0.3 is 6.18 Å². The monoisotopic (exact) mass is 924 g/mol. The van der Waals surface area contributed by atoms with Gasteiger partial charge in [-0.2, -0.15) is 13.2 Å². The fourth-order valence-corrected chi connectivity index (χ4v) is 11.2. The molecule has 330 valence electrons. The SMILES string of the molecule is CC(c1ccc(S(=O)(=O)c2ccc(Oc3cccc(N)c3)cc2)c2c1Oc1ccc-2cc1)(c1ccc(S(=O)(=O)c2ccc(Oc3cccc(N)c3)cc2)c2c1Oc1ccc-2cc1)C(F)(F)F. The molecule has 0 aliphatic carbocycles. The predicted octanol–water partition coefficient (Wildman–Crippen LogP) is 12.5. The molecule has 0 atom stereocenters. The summed E-state index contributed by atoms with van der Waals surface area (Å²) in [6, 6.07) is 41.5. The Morgan fingerprint density at radius 3 is 1.20 bits per heavy atom. The van der Waals surface area contributed by atoms with Crippen molar-refractivity contribution in [1.82, 2.24) is 0 Å². The number of fused-ring (bicyclic) bond motifs is 4. The molecule has 66 heavy (non-hydrogen) atoms. The summed E-state index contributed by atoms with van der Waals surface area (Å²) in [6.45, 7) is 0.942. The summed E-state index contributed by atoms with van der Waals surface area (Å²) < 4.78 is 132. The number of sulfone groups is 2. The zero-order valence-electron chi connectivity index (χ0n) is 34.5. The third-order valence-electron chi connectivity index (χ3n) is 11.6. The number of ether oxygens (including phenoxy) is 4. The van der Waals surface area contributed by atoms with Gasteiger partial charge in [0.2, 0.25) is 19.7 Å². The number of benzene rings is 8. The number of rotatable bonds is 10. The first kappa shape index (κ1) is 42.2. The van der Waals surface area contributed by atoms with Crippen LogP contribution in [-0.4, -0.2) is 23.0 Å². The van der Waals surface area contributed by atoms with Crippen LogP contribution < -0.4 is 30.4 Å². The smallest absolute Gasteiger partial charge is 0.402 e. The van der Waals surface area contributed by atoms with Gasteiger partial charge in [-0.15, -0.1) is 0 Å². The molecule has 10 nitrogen and oxygen atoms in total. The van der Waals surface area contributed by atoms with Crippen LogP contribution in [0.5, 0.6) is 46.0 Å². The lowest BCUT2D eigenvalue weighted by atomic mass is 9.73. The lowest BCUT2D eigenvalue weighted by Crippen LogP contribution is -2.41. The largest absolute Gasteiger partial charge is 0.457 e. The average Bonchev–Trinajstić information content (AvgIpc) is 3.76. The number of nitrogen functional groups attached to an aromatic ring is 2. The summed E-state index contributed by atoms with van der Waals surface area (Å²) in [5.41, 5.74) is 9.18. The van der Waals surface area contributed by atoms with Gasteiger partial charge in [-0.25, -0.2) is 16.8 Å². The molecule has 12 rings (SSSR count). The van der Waals surface area contributed by atoms with Crippen molar-refractivity contribution >= 4 is 31.0 Å². The second-order valence-corrected chi connectivity index (χ2v) is 19.6. The first-order valence-corrected chi connectivity index (χ1v) is 23.2. The van der Waals surface area contributed by atoms with Crippen molar-refractivity contribution in [3.05, 3.63) is 181 Å². The molecule has 0 radical (unpaired) electrons. The van der Waals surface area contributed by atoms with E-state index in [0.29, 0.717) is 34.4 Å². The van der Waals surface area contributed by atoms with Crippen LogP contribution in [0.4, 0.5) is 24.5 Å². The van der Waals surface area contributed by atoms with Crippen LogP contribution >= 0.6 is 0 Å². The second-order valence-electron chi connectivity index (χ2n) is 15.8. The molecule has 4 bridgehead atoms. The molecular formula is C51H35F3N2O8S2. The third-order valence-corrected chi connectivity index (χ3v) is 15.3. The van der Waals surface area contributed by atoms with Crippen LogP contribution in [0, 0.1) is 0 Å². The van der Waals surface area contributed by atoms with Crippen LogP contribution in [-0.2, 0) is 25.1 Å². The average molecular weight is 925 g/mol. The molecule has 0 amide bonds. The van der Waals surface area contributed by atoms with Crippen LogP contribution in [0.1, 0.15) is 18.1 Å². The quantitative estimate of drug-likeness (QED) is 0.127. The Bertz CT molecular complexity index is 3230. The molecule has 8 aromatic carbocycles. The molecule has 0 saturated heterocycles. The Balaban J connectivity index is 1.10. The number of hydrogen-bond donors (Lipinski definition) is 2. The van der Waals surface area contributed by atoms with Crippen molar-refractivity contribution in [2.24, 2.45) is 0 Å². The van der Waals surface area contributed by atoms with Crippen molar-refractivity contribution < 1.29 is 49.0 Å². The Labute approximate surface area is 377 Å². The maximum Gasteiger partial charge on any atom is 0.402 e. The van der Waals surface area contributed by atoms with Crippen LogP contribution in [0.2, 0.25) is 0 Å². The molecule has 0 fully saturated rings. The third kappa shape index (κ3) is 7.12. The highest BCUT2D eigenvalue weighted by Gasteiger charge is 2.57. The highest BCUT2D eigenvalue weighted by molar-refractivity contribution is 7.92. The molecule has 0 saturated carbocycles. The van der Waals surface area contributed by atoms with Gasteiger partial charge in [-0.3, -0.25) is 0 Å². The van der Waals surface area contributed by atoms with Crippen LogP contribution in [0.15, 0.2) is 189 Å². The number of hydrogen-bond acceptors (Lipinski definition) is 10. The number of halogens is 3. The van der Waals surface area contributed by atoms with E-state index in [4.69, 9.17) is 30.4 Å². The maximum absolute atomic E-state index is 16.4. The normalized spacial score (nSPS) is 12.8. The number of anilines is 2. The van der Waals surface area contributed by atoms with E-state index in [0.717, 1.165) is 31.2 Å². The van der Waals surface area contributed by atoms with E-state index < -0.39 is 42.4 Å². The predicted molar refractivity (Wildman–Crippen MR) is 242 cm³/mol. The first-order valence-electron chi connectivity index (χ1n) is 20.3. The van der Waals surface area contributed by atoms with Crippen molar-refractivity contribution in [3.63, 3.8) is 0 Å². The minimum absolute atomic E-state index is 0.0930. The number of nitrogens with two attached hydrogens (primary N) is 2. The van der Waals surface area contributed by atoms with E-state index in [9.17, 15) is 16.8 Å².